The van der Waals surface area contributed by atoms with Gasteiger partial charge < -0.3 is 9.84 Å². The maximum absolute atomic E-state index is 10.4. The van der Waals surface area contributed by atoms with Gasteiger partial charge in [0.2, 0.25) is 0 Å². The number of carboxylic acid groups (broad SMARTS) is 1. The van der Waals surface area contributed by atoms with Crippen LogP contribution in [0.15, 0.2) is 42.0 Å². The number of hydrogen-bond donors (Lipinski definition) is 1. The summed E-state index contributed by atoms with van der Waals surface area (Å²) in [5.74, 6) is -0.151. The highest BCUT2D eigenvalue weighted by Gasteiger charge is 1.98. The lowest BCUT2D eigenvalue weighted by Gasteiger charge is -2.02. The molecule has 0 aliphatic heterocycles. The Morgan fingerprint density at radius 1 is 1.40 bits per heavy atom. The third-order valence-corrected chi connectivity index (χ3v) is 1.82. The van der Waals surface area contributed by atoms with Crippen LogP contribution in [0.25, 0.3) is 0 Å². The molecule has 0 saturated heterocycles. The Labute approximate surface area is 89.0 Å². The van der Waals surface area contributed by atoms with E-state index in [2.05, 4.69) is 0 Å². The van der Waals surface area contributed by atoms with Crippen LogP contribution in [0.3, 0.4) is 0 Å². The van der Waals surface area contributed by atoms with Crippen LogP contribution in [0.2, 0.25) is 0 Å². The summed E-state index contributed by atoms with van der Waals surface area (Å²) in [6.45, 7) is 3.13. The molecule has 0 heterocycles. The first-order valence-corrected chi connectivity index (χ1v) is 4.63. The fourth-order valence-electron chi connectivity index (χ4n) is 0.956. The van der Waals surface area contributed by atoms with Gasteiger partial charge in [-0.25, -0.2) is 4.79 Å². The number of carboxylic acids is 1. The number of aliphatic carboxylic acids is 1. The van der Waals surface area contributed by atoms with Crippen molar-refractivity contribution in [1.29, 1.82) is 0 Å². The van der Waals surface area contributed by atoms with Crippen LogP contribution in [0.5, 0.6) is 5.75 Å². The van der Waals surface area contributed by atoms with Gasteiger partial charge in [-0.1, -0.05) is 24.3 Å². The van der Waals surface area contributed by atoms with Gasteiger partial charge in [0.05, 0.1) is 0 Å². The average molecular weight is 205 g/mol. The van der Waals surface area contributed by atoms with Crippen LogP contribution in [-0.4, -0.2) is 11.1 Å². The zero-order chi connectivity index (χ0) is 11.1. The number of rotatable bonds is 5. The minimum Gasteiger partial charge on any atom is -0.486 e. The summed E-state index contributed by atoms with van der Waals surface area (Å²) in [6, 6.07) is 9.33. The molecule has 0 saturated carbocycles. The summed E-state index contributed by atoms with van der Waals surface area (Å²) >= 11 is 0. The first-order chi connectivity index (χ1) is 7.20. The molecule has 1 N–H and O–H groups in total. The molecular formula is C12H13O3. The van der Waals surface area contributed by atoms with Crippen molar-refractivity contribution in [2.24, 2.45) is 0 Å². The molecule has 79 valence electrons. The third kappa shape index (κ3) is 4.31. The van der Waals surface area contributed by atoms with E-state index in [0.717, 1.165) is 5.75 Å². The maximum atomic E-state index is 10.4. The minimum absolute atomic E-state index is 0.322. The van der Waals surface area contributed by atoms with Gasteiger partial charge in [-0.15, -0.1) is 0 Å². The second-order valence-electron chi connectivity index (χ2n) is 3.03. The third-order valence-electron chi connectivity index (χ3n) is 1.82. The monoisotopic (exact) mass is 205 g/mol. The van der Waals surface area contributed by atoms with Crippen molar-refractivity contribution in [1.82, 2.24) is 0 Å². The highest BCUT2D eigenvalue weighted by Crippen LogP contribution is 2.10. The first kappa shape index (κ1) is 11.3. The van der Waals surface area contributed by atoms with E-state index in [1.54, 1.807) is 19.6 Å². The predicted octanol–water partition coefficient (Wildman–Crippen LogP) is 2.65. The van der Waals surface area contributed by atoms with Gasteiger partial charge in [-0.05, 0) is 19.1 Å². The Bertz CT molecular complexity index is 341. The normalized spacial score (nSPS) is 11.1. The van der Waals surface area contributed by atoms with E-state index >= 15 is 0 Å². The fourth-order valence-corrected chi connectivity index (χ4v) is 0.956. The molecule has 0 aliphatic carbocycles. The molecule has 3 heteroatoms. The van der Waals surface area contributed by atoms with E-state index in [4.69, 9.17) is 9.84 Å². The molecule has 1 radical (unpaired) electrons. The number of hydrogen-bond acceptors (Lipinski definition) is 2. The molecular weight excluding hydrogens is 192 g/mol. The van der Waals surface area contributed by atoms with Crippen LogP contribution in [-0.2, 0) is 4.79 Å². The summed E-state index contributed by atoms with van der Waals surface area (Å²) in [6.07, 6.45) is 2.08. The molecule has 15 heavy (non-hydrogen) atoms. The van der Waals surface area contributed by atoms with Crippen molar-refractivity contribution in [3.63, 3.8) is 0 Å². The number of benzene rings is 1. The van der Waals surface area contributed by atoms with Crippen molar-refractivity contribution in [2.45, 2.75) is 13.3 Å². The smallest absolute Gasteiger partial charge is 0.330 e. The van der Waals surface area contributed by atoms with Crippen molar-refractivity contribution >= 4 is 5.97 Å². The minimum atomic E-state index is -0.900. The standard InChI is InChI=1S/C12H13O3/c1-10(12(13)14)6-5-9-15-11-7-3-2-4-8-11/h2-4,6-9H,5H2,1H3,(H,13,14). The summed E-state index contributed by atoms with van der Waals surface area (Å²) in [4.78, 5) is 10.4. The number of para-hydroxylation sites is 1. The molecule has 1 aromatic carbocycles. The summed E-state index contributed by atoms with van der Waals surface area (Å²) in [5, 5.41) is 8.58. The van der Waals surface area contributed by atoms with Gasteiger partial charge in [-0.3, -0.25) is 0 Å². The Kier molecular flexibility index (Phi) is 4.41. The lowest BCUT2D eigenvalue weighted by atomic mass is 10.2. The quantitative estimate of drug-likeness (QED) is 0.593. The van der Waals surface area contributed by atoms with E-state index in [9.17, 15) is 4.79 Å². The second kappa shape index (κ2) is 5.86. The maximum Gasteiger partial charge on any atom is 0.330 e. The van der Waals surface area contributed by atoms with Crippen molar-refractivity contribution in [3.8, 4) is 5.75 Å². The van der Waals surface area contributed by atoms with E-state index in [1.807, 2.05) is 30.3 Å². The lowest BCUT2D eigenvalue weighted by Crippen LogP contribution is -1.96. The van der Waals surface area contributed by atoms with Crippen molar-refractivity contribution < 1.29 is 14.6 Å². The van der Waals surface area contributed by atoms with Crippen molar-refractivity contribution in [3.05, 3.63) is 48.6 Å². The Morgan fingerprint density at radius 3 is 2.67 bits per heavy atom. The molecule has 0 aromatic heterocycles. The second-order valence-corrected chi connectivity index (χ2v) is 3.03. The van der Waals surface area contributed by atoms with Crippen LogP contribution < -0.4 is 4.74 Å². The Morgan fingerprint density at radius 2 is 2.07 bits per heavy atom. The molecule has 0 unspecified atom stereocenters. The SMILES string of the molecule is CC(=CC[CH]Oc1ccccc1)C(=O)O. The molecule has 3 nitrogen and oxygen atoms in total. The fraction of sp³-hybridized carbons (Fsp3) is 0.167. The van der Waals surface area contributed by atoms with Crippen LogP contribution in [0.4, 0.5) is 0 Å². The number of carbonyl (C=O) groups is 1. The van der Waals surface area contributed by atoms with Gasteiger partial charge in [0.1, 0.15) is 12.4 Å². The van der Waals surface area contributed by atoms with E-state index in [-0.39, 0.29) is 0 Å². The Balaban J connectivity index is 2.29. The largest absolute Gasteiger partial charge is 0.486 e. The summed E-state index contributed by atoms with van der Waals surface area (Å²) < 4.78 is 5.27. The van der Waals surface area contributed by atoms with Crippen molar-refractivity contribution in [2.75, 3.05) is 0 Å². The lowest BCUT2D eigenvalue weighted by molar-refractivity contribution is -0.132. The van der Waals surface area contributed by atoms with Gasteiger partial charge in [0, 0.05) is 12.0 Å². The van der Waals surface area contributed by atoms with Crippen LogP contribution in [0, 0.1) is 6.61 Å². The topological polar surface area (TPSA) is 46.5 Å². The van der Waals surface area contributed by atoms with E-state index in [0.29, 0.717) is 12.0 Å². The van der Waals surface area contributed by atoms with Gasteiger partial charge in [0.15, 0.2) is 0 Å². The van der Waals surface area contributed by atoms with Crippen LogP contribution in [0.1, 0.15) is 13.3 Å². The molecule has 1 aromatic rings. The number of ether oxygens (including phenoxy) is 1. The van der Waals surface area contributed by atoms with E-state index in [1.165, 1.54) is 0 Å². The molecule has 1 rings (SSSR count). The predicted molar refractivity (Wildman–Crippen MR) is 57.4 cm³/mol. The molecule has 0 amide bonds. The van der Waals surface area contributed by atoms with Gasteiger partial charge in [0.25, 0.3) is 0 Å². The zero-order valence-electron chi connectivity index (χ0n) is 8.51. The molecule has 0 spiro atoms. The zero-order valence-corrected chi connectivity index (χ0v) is 8.51. The van der Waals surface area contributed by atoms with E-state index < -0.39 is 5.97 Å². The highest BCUT2D eigenvalue weighted by molar-refractivity contribution is 5.85. The summed E-state index contributed by atoms with van der Waals surface area (Å²) in [7, 11) is 0. The summed E-state index contributed by atoms with van der Waals surface area (Å²) in [5.41, 5.74) is 0.322. The molecule has 0 atom stereocenters. The molecule has 0 aliphatic rings. The average Bonchev–Trinajstić information content (AvgIpc) is 2.25. The molecule has 0 bridgehead atoms. The van der Waals surface area contributed by atoms with Gasteiger partial charge >= 0.3 is 5.97 Å². The van der Waals surface area contributed by atoms with Crippen LogP contribution >= 0.6 is 0 Å². The highest BCUT2D eigenvalue weighted by atomic mass is 16.5. The first-order valence-electron chi connectivity index (χ1n) is 4.63. The Hall–Kier alpha value is -1.77. The molecule has 0 fully saturated rings. The van der Waals surface area contributed by atoms with Gasteiger partial charge in [-0.2, -0.15) is 0 Å².